The number of aromatic amines is 1. The number of hydrogen-bond acceptors (Lipinski definition) is 3. The second-order valence-corrected chi connectivity index (χ2v) is 7.10. The number of H-pyrrole nitrogens is 1. The van der Waals surface area contributed by atoms with Crippen LogP contribution in [0, 0.1) is 5.82 Å². The summed E-state index contributed by atoms with van der Waals surface area (Å²) in [6.07, 6.45) is 1.77. The Morgan fingerprint density at radius 3 is 2.39 bits per heavy atom. The molecule has 1 amide bonds. The average Bonchev–Trinajstić information content (AvgIpc) is 3.17. The maximum atomic E-state index is 13.9. The molecule has 1 aliphatic rings. The quantitative estimate of drug-likeness (QED) is 0.708. The van der Waals surface area contributed by atoms with Crippen molar-refractivity contribution in [2.75, 3.05) is 26.2 Å². The molecule has 144 valence electrons. The zero-order chi connectivity index (χ0) is 19.7. The molecule has 6 heteroatoms. The van der Waals surface area contributed by atoms with Crippen molar-refractivity contribution in [1.82, 2.24) is 14.8 Å². The number of fused-ring (bicyclic) bond motifs is 1. The van der Waals surface area contributed by atoms with Gasteiger partial charge in [-0.3, -0.25) is 14.5 Å². The first kappa shape index (κ1) is 18.4. The molecule has 0 aliphatic carbocycles. The standard InChI is InChI=1S/C22H22FN3O2/c1-15(21(27)18-14-24-20-9-5-3-6-16(18)20)25-10-12-26(13-11-25)22(28)17-7-2-4-8-19(17)23/h2-9,14-15,24H,10-13H2,1H3. The third-order valence-corrected chi connectivity index (χ3v) is 5.49. The van der Waals surface area contributed by atoms with Gasteiger partial charge in [-0.15, -0.1) is 0 Å². The number of nitrogens with zero attached hydrogens (tertiary/aromatic N) is 2. The third kappa shape index (κ3) is 3.31. The predicted molar refractivity (Wildman–Crippen MR) is 106 cm³/mol. The number of aromatic nitrogens is 1. The van der Waals surface area contributed by atoms with Crippen molar-refractivity contribution in [2.45, 2.75) is 13.0 Å². The largest absolute Gasteiger partial charge is 0.360 e. The Hall–Kier alpha value is -2.99. The summed E-state index contributed by atoms with van der Waals surface area (Å²) in [4.78, 5) is 32.4. The number of nitrogens with one attached hydrogen (secondary N) is 1. The van der Waals surface area contributed by atoms with Crippen LogP contribution in [0.2, 0.25) is 0 Å². The van der Waals surface area contributed by atoms with E-state index in [4.69, 9.17) is 0 Å². The minimum Gasteiger partial charge on any atom is -0.360 e. The van der Waals surface area contributed by atoms with Crippen LogP contribution in [0.4, 0.5) is 4.39 Å². The first-order valence-electron chi connectivity index (χ1n) is 9.44. The van der Waals surface area contributed by atoms with Gasteiger partial charge >= 0.3 is 0 Å². The smallest absolute Gasteiger partial charge is 0.256 e. The van der Waals surface area contributed by atoms with Crippen molar-refractivity contribution < 1.29 is 14.0 Å². The van der Waals surface area contributed by atoms with Crippen molar-refractivity contribution in [3.8, 4) is 0 Å². The van der Waals surface area contributed by atoms with Crippen LogP contribution < -0.4 is 0 Å². The normalized spacial score (nSPS) is 16.3. The van der Waals surface area contributed by atoms with Crippen molar-refractivity contribution in [2.24, 2.45) is 0 Å². The molecular weight excluding hydrogens is 357 g/mol. The summed E-state index contributed by atoms with van der Waals surface area (Å²) in [5.74, 6) is -0.738. The van der Waals surface area contributed by atoms with E-state index in [1.54, 1.807) is 23.2 Å². The molecule has 2 aromatic carbocycles. The van der Waals surface area contributed by atoms with Gasteiger partial charge in [0.15, 0.2) is 5.78 Å². The lowest BCUT2D eigenvalue weighted by Gasteiger charge is -2.37. The molecule has 0 radical (unpaired) electrons. The summed E-state index contributed by atoms with van der Waals surface area (Å²) in [7, 11) is 0. The Kier molecular flexibility index (Phi) is 4.96. The van der Waals surface area contributed by atoms with Gasteiger partial charge in [0.1, 0.15) is 5.82 Å². The molecule has 0 bridgehead atoms. The van der Waals surface area contributed by atoms with Gasteiger partial charge in [0.05, 0.1) is 11.6 Å². The summed E-state index contributed by atoms with van der Waals surface area (Å²) < 4.78 is 13.9. The lowest BCUT2D eigenvalue weighted by atomic mass is 10.0. The molecule has 1 atom stereocenters. The first-order chi connectivity index (χ1) is 13.6. The fourth-order valence-electron chi connectivity index (χ4n) is 3.78. The molecule has 1 N–H and O–H groups in total. The topological polar surface area (TPSA) is 56.4 Å². The minimum absolute atomic E-state index is 0.0614. The number of amides is 1. The number of benzene rings is 2. The SMILES string of the molecule is CC(C(=O)c1c[nH]c2ccccc12)N1CCN(C(=O)c2ccccc2F)CC1. The van der Waals surface area contributed by atoms with E-state index in [0.29, 0.717) is 31.7 Å². The number of carbonyl (C=O) groups excluding carboxylic acids is 2. The van der Waals surface area contributed by atoms with E-state index >= 15 is 0 Å². The Morgan fingerprint density at radius 2 is 1.64 bits per heavy atom. The van der Waals surface area contributed by atoms with Gasteiger partial charge in [-0.1, -0.05) is 30.3 Å². The number of ketones is 1. The van der Waals surface area contributed by atoms with E-state index in [1.165, 1.54) is 12.1 Å². The van der Waals surface area contributed by atoms with E-state index < -0.39 is 5.82 Å². The summed E-state index contributed by atoms with van der Waals surface area (Å²) in [6, 6.07) is 13.5. The number of piperazine rings is 1. The summed E-state index contributed by atoms with van der Waals surface area (Å²) in [5, 5.41) is 0.924. The van der Waals surface area contributed by atoms with E-state index in [1.807, 2.05) is 31.2 Å². The second-order valence-electron chi connectivity index (χ2n) is 7.10. The molecule has 0 spiro atoms. The predicted octanol–water partition coefficient (Wildman–Crippen LogP) is 3.34. The Bertz CT molecular complexity index is 1020. The number of hydrogen-bond donors (Lipinski definition) is 1. The minimum atomic E-state index is -0.502. The number of carbonyl (C=O) groups is 2. The third-order valence-electron chi connectivity index (χ3n) is 5.49. The molecule has 5 nitrogen and oxygen atoms in total. The van der Waals surface area contributed by atoms with Crippen molar-refractivity contribution in [1.29, 1.82) is 0 Å². The van der Waals surface area contributed by atoms with E-state index in [0.717, 1.165) is 10.9 Å². The first-order valence-corrected chi connectivity index (χ1v) is 9.44. The molecule has 1 fully saturated rings. The maximum absolute atomic E-state index is 13.9. The Labute approximate surface area is 162 Å². The van der Waals surface area contributed by atoms with Crippen LogP contribution >= 0.6 is 0 Å². The molecule has 1 aromatic heterocycles. The van der Waals surface area contributed by atoms with Crippen molar-refractivity contribution in [3.63, 3.8) is 0 Å². The van der Waals surface area contributed by atoms with Crippen LogP contribution in [0.1, 0.15) is 27.6 Å². The fraction of sp³-hybridized carbons (Fsp3) is 0.273. The Morgan fingerprint density at radius 1 is 0.964 bits per heavy atom. The van der Waals surface area contributed by atoms with Crippen LogP contribution in [0.3, 0.4) is 0 Å². The van der Waals surface area contributed by atoms with Gasteiger partial charge in [0.2, 0.25) is 0 Å². The highest BCUT2D eigenvalue weighted by Crippen LogP contribution is 2.21. The van der Waals surface area contributed by atoms with Gasteiger partial charge in [0.25, 0.3) is 5.91 Å². The van der Waals surface area contributed by atoms with Crippen LogP contribution in [0.15, 0.2) is 54.7 Å². The average molecular weight is 379 g/mol. The summed E-state index contributed by atoms with van der Waals surface area (Å²) >= 11 is 0. The summed E-state index contributed by atoms with van der Waals surface area (Å²) in [6.45, 7) is 4.00. The fourth-order valence-corrected chi connectivity index (χ4v) is 3.78. The van der Waals surface area contributed by atoms with Gasteiger partial charge in [-0.25, -0.2) is 4.39 Å². The zero-order valence-corrected chi connectivity index (χ0v) is 15.7. The Balaban J connectivity index is 1.43. The highest BCUT2D eigenvalue weighted by Gasteiger charge is 2.30. The second kappa shape index (κ2) is 7.56. The van der Waals surface area contributed by atoms with E-state index in [-0.39, 0.29) is 23.3 Å². The molecule has 1 saturated heterocycles. The number of halogens is 1. The van der Waals surface area contributed by atoms with E-state index in [9.17, 15) is 14.0 Å². The molecule has 28 heavy (non-hydrogen) atoms. The van der Waals surface area contributed by atoms with Crippen LogP contribution in [0.25, 0.3) is 10.9 Å². The number of rotatable bonds is 4. The molecule has 1 unspecified atom stereocenters. The van der Waals surface area contributed by atoms with Crippen LogP contribution in [-0.4, -0.2) is 58.7 Å². The maximum Gasteiger partial charge on any atom is 0.256 e. The van der Waals surface area contributed by atoms with Crippen molar-refractivity contribution >= 4 is 22.6 Å². The van der Waals surface area contributed by atoms with Gasteiger partial charge in [-0.05, 0) is 25.1 Å². The molecule has 4 rings (SSSR count). The molecular formula is C22H22FN3O2. The highest BCUT2D eigenvalue weighted by molar-refractivity contribution is 6.10. The van der Waals surface area contributed by atoms with Crippen LogP contribution in [0.5, 0.6) is 0 Å². The van der Waals surface area contributed by atoms with Gasteiger partial charge in [-0.2, -0.15) is 0 Å². The van der Waals surface area contributed by atoms with Crippen LogP contribution in [-0.2, 0) is 0 Å². The lowest BCUT2D eigenvalue weighted by molar-refractivity contribution is 0.0549. The zero-order valence-electron chi connectivity index (χ0n) is 15.7. The van der Waals surface area contributed by atoms with Crippen molar-refractivity contribution in [3.05, 3.63) is 71.7 Å². The lowest BCUT2D eigenvalue weighted by Crippen LogP contribution is -2.53. The van der Waals surface area contributed by atoms with E-state index in [2.05, 4.69) is 9.88 Å². The van der Waals surface area contributed by atoms with Gasteiger partial charge < -0.3 is 9.88 Å². The van der Waals surface area contributed by atoms with Gasteiger partial charge in [0, 0.05) is 48.8 Å². The monoisotopic (exact) mass is 379 g/mol. The molecule has 1 aliphatic heterocycles. The number of para-hydroxylation sites is 1. The summed E-state index contributed by atoms with van der Waals surface area (Å²) in [5.41, 5.74) is 1.73. The molecule has 2 heterocycles. The molecule has 0 saturated carbocycles. The highest BCUT2D eigenvalue weighted by atomic mass is 19.1. The molecule has 3 aromatic rings. The number of Topliss-reactive ketones (excluding diaryl/α,β-unsaturated/α-hetero) is 1.